The molecule has 4 nitrogen and oxygen atoms in total. The molecule has 0 amide bonds. The number of pyridine rings is 1. The fourth-order valence-electron chi connectivity index (χ4n) is 4.60. The first-order valence-electron chi connectivity index (χ1n) is 10.5. The number of rotatable bonds is 4. The molecule has 0 spiro atoms. The SMILES string of the molecule is Fc1c(N2CCC(c3ccccc3C(F)(F)F)CC2)ccn2c(CC3CC3(F)F)nnc12. The Balaban J connectivity index is 1.33. The number of benzene rings is 1. The molecule has 2 aromatic heterocycles. The second-order valence-electron chi connectivity index (χ2n) is 8.54. The molecule has 1 aliphatic heterocycles. The molecule has 1 atom stereocenters. The van der Waals surface area contributed by atoms with Gasteiger partial charge in [0.2, 0.25) is 0 Å². The number of anilines is 1. The van der Waals surface area contributed by atoms with E-state index in [2.05, 4.69) is 10.2 Å². The average Bonchev–Trinajstić information content (AvgIpc) is 3.15. The molecule has 32 heavy (non-hydrogen) atoms. The third kappa shape index (κ3) is 3.69. The van der Waals surface area contributed by atoms with Crippen LogP contribution in [0.25, 0.3) is 5.65 Å². The Bertz CT molecular complexity index is 1150. The van der Waals surface area contributed by atoms with Crippen LogP contribution in [0.5, 0.6) is 0 Å². The Morgan fingerprint density at radius 2 is 1.72 bits per heavy atom. The zero-order valence-electron chi connectivity index (χ0n) is 16.9. The van der Waals surface area contributed by atoms with E-state index in [0.717, 1.165) is 6.07 Å². The molecule has 5 rings (SSSR count). The highest BCUT2D eigenvalue weighted by Crippen LogP contribution is 2.50. The van der Waals surface area contributed by atoms with Crippen LogP contribution < -0.4 is 4.90 Å². The van der Waals surface area contributed by atoms with Crippen LogP contribution in [-0.4, -0.2) is 33.6 Å². The highest BCUT2D eigenvalue weighted by molar-refractivity contribution is 5.58. The van der Waals surface area contributed by atoms with Gasteiger partial charge in [0.25, 0.3) is 5.92 Å². The predicted octanol–water partition coefficient (Wildman–Crippen LogP) is 5.47. The van der Waals surface area contributed by atoms with Gasteiger partial charge in [0, 0.05) is 38.0 Å². The first kappa shape index (κ1) is 21.1. The van der Waals surface area contributed by atoms with Crippen LogP contribution in [0.2, 0.25) is 0 Å². The van der Waals surface area contributed by atoms with Gasteiger partial charge in [-0.25, -0.2) is 13.2 Å². The van der Waals surface area contributed by atoms with E-state index in [9.17, 15) is 22.0 Å². The molecule has 1 saturated heterocycles. The summed E-state index contributed by atoms with van der Waals surface area (Å²) in [5, 5.41) is 7.73. The van der Waals surface area contributed by atoms with Crippen LogP contribution in [0.3, 0.4) is 0 Å². The lowest BCUT2D eigenvalue weighted by molar-refractivity contribution is -0.138. The molecule has 1 aromatic carbocycles. The molecule has 1 unspecified atom stereocenters. The third-order valence-corrected chi connectivity index (χ3v) is 6.50. The zero-order chi connectivity index (χ0) is 22.7. The maximum Gasteiger partial charge on any atom is 0.416 e. The molecule has 3 heterocycles. The molecular weight excluding hydrogens is 434 g/mol. The largest absolute Gasteiger partial charge is 0.416 e. The summed E-state index contributed by atoms with van der Waals surface area (Å²) in [6.45, 7) is 0.776. The maximum absolute atomic E-state index is 15.2. The number of piperidine rings is 1. The molecule has 0 radical (unpaired) electrons. The molecule has 0 N–H and O–H groups in total. The minimum Gasteiger partial charge on any atom is -0.369 e. The van der Waals surface area contributed by atoms with Crippen molar-refractivity contribution in [1.29, 1.82) is 0 Å². The van der Waals surface area contributed by atoms with E-state index in [0.29, 0.717) is 25.9 Å². The monoisotopic (exact) mass is 454 g/mol. The average molecular weight is 454 g/mol. The second kappa shape index (κ2) is 7.38. The van der Waals surface area contributed by atoms with Crippen LogP contribution in [0, 0.1) is 11.7 Å². The zero-order valence-corrected chi connectivity index (χ0v) is 16.9. The number of aromatic nitrogens is 3. The van der Waals surface area contributed by atoms with E-state index < -0.39 is 29.4 Å². The summed E-state index contributed by atoms with van der Waals surface area (Å²) in [5.41, 5.74) is -0.0976. The van der Waals surface area contributed by atoms with Crippen molar-refractivity contribution < 1.29 is 26.3 Å². The summed E-state index contributed by atoms with van der Waals surface area (Å²) < 4.78 is 83.0. The number of alkyl halides is 5. The van der Waals surface area contributed by atoms with E-state index in [-0.39, 0.29) is 41.5 Å². The highest BCUT2D eigenvalue weighted by Gasteiger charge is 2.56. The number of nitrogens with zero attached hydrogens (tertiary/aromatic N) is 4. The van der Waals surface area contributed by atoms with Gasteiger partial charge in [0.15, 0.2) is 11.5 Å². The topological polar surface area (TPSA) is 33.4 Å². The van der Waals surface area contributed by atoms with E-state index in [4.69, 9.17) is 0 Å². The summed E-state index contributed by atoms with van der Waals surface area (Å²) in [7, 11) is 0. The summed E-state index contributed by atoms with van der Waals surface area (Å²) in [4.78, 5) is 1.78. The van der Waals surface area contributed by atoms with Gasteiger partial charge in [-0.3, -0.25) is 4.40 Å². The second-order valence-corrected chi connectivity index (χ2v) is 8.54. The van der Waals surface area contributed by atoms with Gasteiger partial charge < -0.3 is 4.90 Å². The van der Waals surface area contributed by atoms with Crippen molar-refractivity contribution in [1.82, 2.24) is 14.6 Å². The molecule has 170 valence electrons. The number of fused-ring (bicyclic) bond motifs is 1. The number of halogens is 6. The predicted molar refractivity (Wildman–Crippen MR) is 105 cm³/mol. The van der Waals surface area contributed by atoms with Gasteiger partial charge in [-0.05, 0) is 36.5 Å². The fourth-order valence-corrected chi connectivity index (χ4v) is 4.60. The lowest BCUT2D eigenvalue weighted by Crippen LogP contribution is -2.34. The molecule has 3 aromatic rings. The normalized spacial score (nSPS) is 21.3. The fraction of sp³-hybridized carbons (Fsp3) is 0.455. The van der Waals surface area contributed by atoms with Gasteiger partial charge in [-0.1, -0.05) is 18.2 Å². The summed E-state index contributed by atoms with van der Waals surface area (Å²) in [5.74, 6) is -4.08. The molecule has 1 aliphatic carbocycles. The number of hydrogen-bond donors (Lipinski definition) is 0. The van der Waals surface area contributed by atoms with Crippen LogP contribution >= 0.6 is 0 Å². The molecule has 2 aliphatic rings. The van der Waals surface area contributed by atoms with Gasteiger partial charge >= 0.3 is 6.18 Å². The highest BCUT2D eigenvalue weighted by atomic mass is 19.4. The van der Waals surface area contributed by atoms with Crippen molar-refractivity contribution >= 4 is 11.3 Å². The lowest BCUT2D eigenvalue weighted by atomic mass is 9.86. The van der Waals surface area contributed by atoms with E-state index in [1.54, 1.807) is 23.2 Å². The standard InChI is InChI=1S/C22H20F6N4/c23-19-17(7-10-32-18(29-30-20(19)32)11-14-12-21(14,24)25)31-8-5-13(6-9-31)15-3-1-2-4-16(15)22(26,27)28/h1-4,7,10,13-14H,5-6,8-9,11-12H2. The number of hydrogen-bond acceptors (Lipinski definition) is 3. The van der Waals surface area contributed by atoms with Gasteiger partial charge in [-0.15, -0.1) is 10.2 Å². The Morgan fingerprint density at radius 3 is 2.38 bits per heavy atom. The minimum absolute atomic E-state index is 0.0248. The molecule has 1 saturated carbocycles. The summed E-state index contributed by atoms with van der Waals surface area (Å²) in [6, 6.07) is 7.13. The minimum atomic E-state index is -4.42. The van der Waals surface area contributed by atoms with Crippen molar-refractivity contribution in [3.63, 3.8) is 0 Å². The summed E-state index contributed by atoms with van der Waals surface area (Å²) >= 11 is 0. The van der Waals surface area contributed by atoms with Gasteiger partial charge in [-0.2, -0.15) is 13.2 Å². The van der Waals surface area contributed by atoms with Gasteiger partial charge in [0.1, 0.15) is 5.82 Å². The van der Waals surface area contributed by atoms with Gasteiger partial charge in [0.05, 0.1) is 11.3 Å². The Labute approximate surface area is 179 Å². The lowest BCUT2D eigenvalue weighted by Gasteiger charge is -2.34. The van der Waals surface area contributed by atoms with Crippen molar-refractivity contribution in [2.45, 2.75) is 43.7 Å². The molecule has 10 heteroatoms. The van der Waals surface area contributed by atoms with E-state index in [1.807, 2.05) is 0 Å². The molecular formula is C22H20F6N4. The van der Waals surface area contributed by atoms with Crippen LogP contribution in [0.1, 0.15) is 42.1 Å². The van der Waals surface area contributed by atoms with Crippen molar-refractivity contribution in [3.8, 4) is 0 Å². The summed E-state index contributed by atoms with van der Waals surface area (Å²) in [6.07, 6.45) is -2.12. The van der Waals surface area contributed by atoms with Crippen LogP contribution in [0.15, 0.2) is 36.5 Å². The van der Waals surface area contributed by atoms with E-state index in [1.165, 1.54) is 16.5 Å². The smallest absolute Gasteiger partial charge is 0.369 e. The Hall–Kier alpha value is -2.78. The van der Waals surface area contributed by atoms with Crippen molar-refractivity contribution in [2.75, 3.05) is 18.0 Å². The van der Waals surface area contributed by atoms with Crippen LogP contribution in [0.4, 0.5) is 32.0 Å². The first-order valence-corrected chi connectivity index (χ1v) is 10.5. The Kier molecular flexibility index (Phi) is 4.86. The van der Waals surface area contributed by atoms with Crippen molar-refractivity contribution in [2.24, 2.45) is 5.92 Å². The Morgan fingerprint density at radius 1 is 1.03 bits per heavy atom. The molecule has 2 fully saturated rings. The third-order valence-electron chi connectivity index (χ3n) is 6.50. The van der Waals surface area contributed by atoms with Crippen LogP contribution in [-0.2, 0) is 12.6 Å². The molecule has 0 bridgehead atoms. The van der Waals surface area contributed by atoms with Crippen molar-refractivity contribution in [3.05, 3.63) is 59.3 Å². The maximum atomic E-state index is 15.2. The van der Waals surface area contributed by atoms with E-state index >= 15 is 4.39 Å². The first-order chi connectivity index (χ1) is 15.1. The quantitative estimate of drug-likeness (QED) is 0.491.